The number of rotatable bonds is 3. The summed E-state index contributed by atoms with van der Waals surface area (Å²) in [6.07, 6.45) is 4.87. The summed E-state index contributed by atoms with van der Waals surface area (Å²) in [6, 6.07) is 16.5. The Bertz CT molecular complexity index is 1240. The maximum atomic E-state index is 13.1. The summed E-state index contributed by atoms with van der Waals surface area (Å²) in [4.78, 5) is 42.4. The number of hydrogen-bond acceptors (Lipinski definition) is 4. The number of allylic oxidation sites excluding steroid dienone is 1. The van der Waals surface area contributed by atoms with Crippen LogP contribution in [0.3, 0.4) is 0 Å². The lowest BCUT2D eigenvalue weighted by molar-refractivity contribution is 0.0845. The van der Waals surface area contributed by atoms with E-state index in [-0.39, 0.29) is 11.6 Å². The molecule has 162 valence electrons. The quantitative estimate of drug-likeness (QED) is 0.624. The summed E-state index contributed by atoms with van der Waals surface area (Å²) in [7, 11) is 0. The molecule has 7 nitrogen and oxygen atoms in total. The van der Waals surface area contributed by atoms with E-state index in [9.17, 15) is 14.4 Å². The highest BCUT2D eigenvalue weighted by molar-refractivity contribution is 5.98. The van der Waals surface area contributed by atoms with Crippen LogP contribution in [0.5, 0.6) is 0 Å². The number of aryl methyl sites for hydroxylation is 1. The summed E-state index contributed by atoms with van der Waals surface area (Å²) >= 11 is 0. The van der Waals surface area contributed by atoms with E-state index in [1.165, 1.54) is 11.8 Å². The number of fused-ring (bicyclic) bond motifs is 1. The minimum Gasteiger partial charge on any atom is -0.289 e. The van der Waals surface area contributed by atoms with Gasteiger partial charge < -0.3 is 0 Å². The van der Waals surface area contributed by atoms with Crippen molar-refractivity contribution >= 4 is 23.5 Å². The fourth-order valence-electron chi connectivity index (χ4n) is 3.72. The molecule has 2 aromatic carbocycles. The molecule has 1 atom stereocenters. The topological polar surface area (TPSA) is 93.1 Å². The Morgan fingerprint density at radius 2 is 1.72 bits per heavy atom. The average Bonchev–Trinajstić information content (AvgIpc) is 2.81. The fraction of sp³-hybridized carbons (Fsp3) is 0.200. The van der Waals surface area contributed by atoms with Crippen molar-refractivity contribution in [2.45, 2.75) is 32.7 Å². The molecule has 0 radical (unpaired) electrons. The lowest BCUT2D eigenvalue weighted by Gasteiger charge is -2.26. The van der Waals surface area contributed by atoms with Crippen LogP contribution < -0.4 is 16.4 Å². The second-order valence-electron chi connectivity index (χ2n) is 7.91. The maximum Gasteiger partial charge on any atom is 0.276 e. The molecule has 2 N–H and O–H groups in total. The average molecular weight is 428 g/mol. The molecule has 2 amide bonds. The van der Waals surface area contributed by atoms with Crippen LogP contribution >= 0.6 is 0 Å². The molecule has 1 unspecified atom stereocenters. The highest BCUT2D eigenvalue weighted by atomic mass is 16.2. The van der Waals surface area contributed by atoms with Crippen LogP contribution in [0.15, 0.2) is 65.6 Å². The van der Waals surface area contributed by atoms with Crippen molar-refractivity contribution in [1.29, 1.82) is 0 Å². The van der Waals surface area contributed by atoms with Crippen molar-refractivity contribution in [3.8, 4) is 0 Å². The van der Waals surface area contributed by atoms with Crippen LogP contribution in [0.4, 0.5) is 0 Å². The standard InChI is InChI=1S/C25H24N4O3/c1-16-8-11-18(12-9-16)14-20-13-10-17(2)29-22(20)26-15-21(25(29)32)24(31)28-27-23(30)19-6-4-3-5-7-19/h3-9,11-12,14-15,17H,10,13H2,1-2H3,(H,27,30)(H,28,31)/b20-14+. The molecular weight excluding hydrogens is 404 g/mol. The van der Waals surface area contributed by atoms with Crippen LogP contribution in [-0.2, 0) is 0 Å². The SMILES string of the molecule is Cc1ccc(/C=C2\CCC(C)n3c2ncc(C(=O)NNC(=O)c2ccccc2)c3=O)cc1. The van der Waals surface area contributed by atoms with E-state index < -0.39 is 17.4 Å². The Hall–Kier alpha value is -4.00. The molecule has 7 heteroatoms. The van der Waals surface area contributed by atoms with Gasteiger partial charge in [0, 0.05) is 17.8 Å². The number of hydrogen-bond donors (Lipinski definition) is 2. The lowest BCUT2D eigenvalue weighted by Crippen LogP contribution is -2.45. The fourth-order valence-corrected chi connectivity index (χ4v) is 3.72. The molecule has 0 bridgehead atoms. The van der Waals surface area contributed by atoms with Crippen molar-refractivity contribution in [1.82, 2.24) is 20.4 Å². The van der Waals surface area contributed by atoms with Gasteiger partial charge in [0.1, 0.15) is 11.4 Å². The predicted octanol–water partition coefficient (Wildman–Crippen LogP) is 3.52. The van der Waals surface area contributed by atoms with E-state index in [2.05, 4.69) is 15.8 Å². The first-order valence-electron chi connectivity index (χ1n) is 10.5. The number of carbonyl (C=O) groups is 2. The van der Waals surface area contributed by atoms with Gasteiger partial charge in [0.25, 0.3) is 17.4 Å². The van der Waals surface area contributed by atoms with Crippen LogP contribution in [0.1, 0.15) is 63.5 Å². The van der Waals surface area contributed by atoms with Crippen LogP contribution in [0, 0.1) is 6.92 Å². The molecule has 3 aromatic rings. The molecule has 0 saturated carbocycles. The Morgan fingerprint density at radius 3 is 2.44 bits per heavy atom. The number of hydrazine groups is 1. The first-order chi connectivity index (χ1) is 15.4. The third-order valence-corrected chi connectivity index (χ3v) is 5.54. The summed E-state index contributed by atoms with van der Waals surface area (Å²) in [5.41, 5.74) is 7.66. The number of nitrogens with one attached hydrogen (secondary N) is 2. The summed E-state index contributed by atoms with van der Waals surface area (Å²) in [6.45, 7) is 3.97. The third kappa shape index (κ3) is 4.37. The zero-order chi connectivity index (χ0) is 22.7. The smallest absolute Gasteiger partial charge is 0.276 e. The van der Waals surface area contributed by atoms with Crippen molar-refractivity contribution < 1.29 is 9.59 Å². The van der Waals surface area contributed by atoms with Crippen LogP contribution in [0.2, 0.25) is 0 Å². The molecule has 0 fully saturated rings. The Morgan fingerprint density at radius 1 is 1.03 bits per heavy atom. The molecule has 1 aliphatic heterocycles. The van der Waals surface area contributed by atoms with Crippen molar-refractivity contribution in [3.63, 3.8) is 0 Å². The summed E-state index contributed by atoms with van der Waals surface area (Å²) < 4.78 is 1.57. The van der Waals surface area contributed by atoms with Crippen LogP contribution in [0.25, 0.3) is 11.6 Å². The van der Waals surface area contributed by atoms with E-state index in [0.717, 1.165) is 24.0 Å². The maximum absolute atomic E-state index is 13.1. The number of benzene rings is 2. The molecular formula is C25H24N4O3. The van der Waals surface area contributed by atoms with Gasteiger partial charge in [-0.25, -0.2) is 4.98 Å². The van der Waals surface area contributed by atoms with E-state index in [1.807, 2.05) is 44.2 Å². The Labute approximate surface area is 185 Å². The normalized spacial score (nSPS) is 16.3. The summed E-state index contributed by atoms with van der Waals surface area (Å²) in [5, 5.41) is 0. The second-order valence-corrected chi connectivity index (χ2v) is 7.91. The highest BCUT2D eigenvalue weighted by Gasteiger charge is 2.25. The third-order valence-electron chi connectivity index (χ3n) is 5.54. The van der Waals surface area contributed by atoms with Gasteiger partial charge in [0.15, 0.2) is 0 Å². The predicted molar refractivity (Wildman–Crippen MR) is 123 cm³/mol. The molecule has 0 saturated heterocycles. The van der Waals surface area contributed by atoms with Crippen molar-refractivity contribution in [2.24, 2.45) is 0 Å². The number of carbonyl (C=O) groups excluding carboxylic acids is 2. The molecule has 0 aliphatic carbocycles. The first kappa shape index (κ1) is 21.2. The van der Waals surface area contributed by atoms with Gasteiger partial charge in [-0.2, -0.15) is 0 Å². The van der Waals surface area contributed by atoms with Gasteiger partial charge in [0.2, 0.25) is 0 Å². The number of nitrogens with zero attached hydrogens (tertiary/aromatic N) is 2. The van der Waals surface area contributed by atoms with Gasteiger partial charge in [0.05, 0.1) is 0 Å². The number of aromatic nitrogens is 2. The van der Waals surface area contributed by atoms with E-state index >= 15 is 0 Å². The van der Waals surface area contributed by atoms with Gasteiger partial charge in [-0.15, -0.1) is 0 Å². The van der Waals surface area contributed by atoms with E-state index in [4.69, 9.17) is 0 Å². The van der Waals surface area contributed by atoms with Gasteiger partial charge in [-0.1, -0.05) is 48.0 Å². The Balaban J connectivity index is 1.59. The molecule has 1 aliphatic rings. The second kappa shape index (κ2) is 9.01. The van der Waals surface area contributed by atoms with E-state index in [0.29, 0.717) is 11.4 Å². The largest absolute Gasteiger partial charge is 0.289 e. The molecule has 4 rings (SSSR count). The Kier molecular flexibility index (Phi) is 5.98. The molecule has 32 heavy (non-hydrogen) atoms. The molecule has 1 aromatic heterocycles. The lowest BCUT2D eigenvalue weighted by atomic mass is 9.97. The van der Waals surface area contributed by atoms with Gasteiger partial charge in [-0.05, 0) is 56.0 Å². The monoisotopic (exact) mass is 428 g/mol. The van der Waals surface area contributed by atoms with Gasteiger partial charge >= 0.3 is 0 Å². The first-order valence-corrected chi connectivity index (χ1v) is 10.5. The highest BCUT2D eigenvalue weighted by Crippen LogP contribution is 2.31. The minimum atomic E-state index is -0.705. The summed E-state index contributed by atoms with van der Waals surface area (Å²) in [5.74, 6) is -0.607. The zero-order valence-electron chi connectivity index (χ0n) is 18.0. The molecule has 0 spiro atoms. The van der Waals surface area contributed by atoms with Crippen molar-refractivity contribution in [3.05, 3.63) is 99.2 Å². The molecule has 2 heterocycles. The van der Waals surface area contributed by atoms with E-state index in [1.54, 1.807) is 34.9 Å². The minimum absolute atomic E-state index is 0.0909. The van der Waals surface area contributed by atoms with Crippen LogP contribution in [-0.4, -0.2) is 21.4 Å². The van der Waals surface area contributed by atoms with Gasteiger partial charge in [-0.3, -0.25) is 29.8 Å². The zero-order valence-corrected chi connectivity index (χ0v) is 18.0. The number of amides is 2. The van der Waals surface area contributed by atoms with Crippen molar-refractivity contribution in [2.75, 3.05) is 0 Å².